The molecule has 0 nitrogen and oxygen atoms in total. The summed E-state index contributed by atoms with van der Waals surface area (Å²) in [4.78, 5) is 0. The van der Waals surface area contributed by atoms with Gasteiger partial charge >= 0.3 is 0 Å². The molecule has 0 heteroatoms. The average molecular weight is 169 g/mol. The minimum Gasteiger partial charge on any atom is -0.0654 e. The van der Waals surface area contributed by atoms with Crippen LogP contribution in [0.3, 0.4) is 0 Å². The molecule has 0 aromatic rings. The number of unbranched alkanes of at least 4 members (excludes halogenated alkanes) is 6. The standard InChI is InChI=1S/C12H25/c1-4-5-6-7-8-9-10-11-12(2)3/h10,12H,4-9,11H2,1-3H3. The minimum absolute atomic E-state index is 0.848. The summed E-state index contributed by atoms with van der Waals surface area (Å²) >= 11 is 0. The van der Waals surface area contributed by atoms with Gasteiger partial charge in [0.1, 0.15) is 0 Å². The first-order valence-corrected chi connectivity index (χ1v) is 5.59. The molecule has 0 spiro atoms. The van der Waals surface area contributed by atoms with Gasteiger partial charge in [-0.1, -0.05) is 59.3 Å². The summed E-state index contributed by atoms with van der Waals surface area (Å²) in [6.07, 6.45) is 12.1. The molecule has 0 unspecified atom stereocenters. The fourth-order valence-electron chi connectivity index (χ4n) is 1.34. The van der Waals surface area contributed by atoms with Crippen molar-refractivity contribution in [1.29, 1.82) is 0 Å². The van der Waals surface area contributed by atoms with E-state index in [4.69, 9.17) is 0 Å². The summed E-state index contributed by atoms with van der Waals surface area (Å²) in [6, 6.07) is 0. The van der Waals surface area contributed by atoms with Gasteiger partial charge in [-0.05, 0) is 18.8 Å². The molecule has 0 saturated heterocycles. The van der Waals surface area contributed by atoms with E-state index in [1.54, 1.807) is 0 Å². The molecule has 0 amide bonds. The van der Waals surface area contributed by atoms with Crippen LogP contribution < -0.4 is 0 Å². The summed E-state index contributed by atoms with van der Waals surface area (Å²) in [6.45, 7) is 6.84. The fourth-order valence-corrected chi connectivity index (χ4v) is 1.34. The van der Waals surface area contributed by atoms with Crippen molar-refractivity contribution in [3.8, 4) is 0 Å². The van der Waals surface area contributed by atoms with E-state index in [0.717, 1.165) is 5.92 Å². The first kappa shape index (κ1) is 12.0. The van der Waals surface area contributed by atoms with Crippen LogP contribution in [0.2, 0.25) is 0 Å². The first-order chi connectivity index (χ1) is 5.77. The predicted molar refractivity (Wildman–Crippen MR) is 57.1 cm³/mol. The van der Waals surface area contributed by atoms with Crippen LogP contribution in [0.5, 0.6) is 0 Å². The maximum Gasteiger partial charge on any atom is -0.0383 e. The molecule has 0 aliphatic rings. The van der Waals surface area contributed by atoms with E-state index in [-0.39, 0.29) is 0 Å². The molecular weight excluding hydrogens is 144 g/mol. The topological polar surface area (TPSA) is 0 Å². The molecule has 1 radical (unpaired) electrons. The number of rotatable bonds is 8. The highest BCUT2D eigenvalue weighted by atomic mass is 14.0. The van der Waals surface area contributed by atoms with E-state index < -0.39 is 0 Å². The zero-order chi connectivity index (χ0) is 9.23. The summed E-state index contributed by atoms with van der Waals surface area (Å²) < 4.78 is 0. The molecule has 73 valence electrons. The van der Waals surface area contributed by atoms with E-state index >= 15 is 0 Å². The SMILES string of the molecule is CCCCCCC[CH]CC(C)C. The third-order valence-electron chi connectivity index (χ3n) is 2.15. The Labute approximate surface area is 78.8 Å². The van der Waals surface area contributed by atoms with Gasteiger partial charge in [-0.15, -0.1) is 0 Å². The van der Waals surface area contributed by atoms with Crippen LogP contribution in [0.15, 0.2) is 0 Å². The molecule has 0 aromatic carbocycles. The summed E-state index contributed by atoms with van der Waals surface area (Å²) in [5.74, 6) is 0.848. The van der Waals surface area contributed by atoms with Crippen molar-refractivity contribution in [1.82, 2.24) is 0 Å². The number of hydrogen-bond donors (Lipinski definition) is 0. The maximum absolute atomic E-state index is 2.45. The lowest BCUT2D eigenvalue weighted by Gasteiger charge is -2.03. The number of hydrogen-bond acceptors (Lipinski definition) is 0. The Kier molecular flexibility index (Phi) is 9.09. The lowest BCUT2D eigenvalue weighted by molar-refractivity contribution is 0.584. The van der Waals surface area contributed by atoms with Gasteiger partial charge in [0.25, 0.3) is 0 Å². The quantitative estimate of drug-likeness (QED) is 0.466. The lowest BCUT2D eigenvalue weighted by atomic mass is 10.0. The van der Waals surface area contributed by atoms with Crippen LogP contribution in [-0.2, 0) is 0 Å². The molecule has 0 aromatic heterocycles. The van der Waals surface area contributed by atoms with Gasteiger partial charge < -0.3 is 0 Å². The van der Waals surface area contributed by atoms with E-state index in [1.807, 2.05) is 0 Å². The fraction of sp³-hybridized carbons (Fsp3) is 0.917. The molecule has 0 aliphatic carbocycles. The molecule has 0 saturated carbocycles. The van der Waals surface area contributed by atoms with Crippen molar-refractivity contribution in [2.24, 2.45) is 5.92 Å². The molecule has 0 atom stereocenters. The van der Waals surface area contributed by atoms with Crippen LogP contribution in [-0.4, -0.2) is 0 Å². The molecule has 0 fully saturated rings. The minimum atomic E-state index is 0.848. The van der Waals surface area contributed by atoms with Gasteiger partial charge in [-0.3, -0.25) is 0 Å². The van der Waals surface area contributed by atoms with Crippen LogP contribution in [0.4, 0.5) is 0 Å². The van der Waals surface area contributed by atoms with Crippen LogP contribution >= 0.6 is 0 Å². The van der Waals surface area contributed by atoms with Crippen molar-refractivity contribution in [2.75, 3.05) is 0 Å². The van der Waals surface area contributed by atoms with Gasteiger partial charge in [0, 0.05) is 0 Å². The van der Waals surface area contributed by atoms with Gasteiger partial charge in [0.2, 0.25) is 0 Å². The first-order valence-electron chi connectivity index (χ1n) is 5.59. The monoisotopic (exact) mass is 169 g/mol. The third kappa shape index (κ3) is 10.0. The van der Waals surface area contributed by atoms with Crippen molar-refractivity contribution >= 4 is 0 Å². The highest BCUT2D eigenvalue weighted by molar-refractivity contribution is 4.66. The van der Waals surface area contributed by atoms with Crippen LogP contribution in [0.25, 0.3) is 0 Å². The van der Waals surface area contributed by atoms with E-state index in [0.29, 0.717) is 0 Å². The van der Waals surface area contributed by atoms with Crippen LogP contribution in [0, 0.1) is 12.3 Å². The molecular formula is C12H25. The summed E-state index contributed by atoms with van der Waals surface area (Å²) in [5, 5.41) is 0. The molecule has 0 aliphatic heterocycles. The summed E-state index contributed by atoms with van der Waals surface area (Å²) in [5.41, 5.74) is 0. The zero-order valence-electron chi connectivity index (χ0n) is 9.10. The molecule has 0 bridgehead atoms. The average Bonchev–Trinajstić information content (AvgIpc) is 2.02. The van der Waals surface area contributed by atoms with Gasteiger partial charge in [-0.2, -0.15) is 0 Å². The summed E-state index contributed by atoms with van der Waals surface area (Å²) in [7, 11) is 0. The van der Waals surface area contributed by atoms with Crippen molar-refractivity contribution < 1.29 is 0 Å². The van der Waals surface area contributed by atoms with Gasteiger partial charge in [-0.25, -0.2) is 0 Å². The molecule has 0 N–H and O–H groups in total. The van der Waals surface area contributed by atoms with Crippen LogP contribution in [0.1, 0.15) is 65.7 Å². The lowest BCUT2D eigenvalue weighted by Crippen LogP contribution is -1.87. The van der Waals surface area contributed by atoms with Gasteiger partial charge in [0.05, 0.1) is 0 Å². The third-order valence-corrected chi connectivity index (χ3v) is 2.15. The highest BCUT2D eigenvalue weighted by Gasteiger charge is 1.94. The smallest absolute Gasteiger partial charge is 0.0383 e. The van der Waals surface area contributed by atoms with Crippen molar-refractivity contribution in [3.05, 3.63) is 6.42 Å². The largest absolute Gasteiger partial charge is 0.0654 e. The molecule has 0 rings (SSSR count). The van der Waals surface area contributed by atoms with E-state index in [1.165, 1.54) is 44.9 Å². The van der Waals surface area contributed by atoms with Gasteiger partial charge in [0.15, 0.2) is 0 Å². The molecule has 0 heterocycles. The Morgan fingerprint density at radius 3 is 2.25 bits per heavy atom. The zero-order valence-corrected chi connectivity index (χ0v) is 9.10. The Hall–Kier alpha value is 0. The Morgan fingerprint density at radius 1 is 1.00 bits per heavy atom. The van der Waals surface area contributed by atoms with E-state index in [9.17, 15) is 0 Å². The molecule has 12 heavy (non-hydrogen) atoms. The predicted octanol–water partition coefficient (Wildman–Crippen LogP) is 4.60. The van der Waals surface area contributed by atoms with Crippen molar-refractivity contribution in [2.45, 2.75) is 65.7 Å². The maximum atomic E-state index is 2.45. The second-order valence-corrected chi connectivity index (χ2v) is 4.12. The highest BCUT2D eigenvalue weighted by Crippen LogP contribution is 2.10. The Morgan fingerprint density at radius 2 is 1.67 bits per heavy atom. The normalized spacial score (nSPS) is 11.0. The second-order valence-electron chi connectivity index (χ2n) is 4.12. The van der Waals surface area contributed by atoms with Crippen molar-refractivity contribution in [3.63, 3.8) is 0 Å². The second kappa shape index (κ2) is 9.09. The Balaban J connectivity index is 2.82. The Bertz CT molecular complexity index is 74.1. The van der Waals surface area contributed by atoms with E-state index in [2.05, 4.69) is 27.2 Å².